The van der Waals surface area contributed by atoms with Crippen molar-refractivity contribution >= 4 is 12.0 Å². The number of ether oxygens (including phenoxy) is 1. The van der Waals surface area contributed by atoms with Crippen molar-refractivity contribution in [1.29, 1.82) is 0 Å². The molecule has 1 heterocycles. The summed E-state index contributed by atoms with van der Waals surface area (Å²) in [6.07, 6.45) is -0.370. The van der Waals surface area contributed by atoms with Crippen molar-refractivity contribution in [3.8, 4) is 16.9 Å². The van der Waals surface area contributed by atoms with Gasteiger partial charge in [-0.15, -0.1) is 0 Å². The standard InChI is InChI=1S/C27H31N3O4/c1-16(2)12-24-22(14-29-27(32)33)25(19-10-8-17(3)9-11-19)23(18(4)30-24)15-34-21-7-5-6-20(13-21)26(28)31/h5-11,13,16,29H,12,14-15H2,1-4H3,(H2,28,31)(H,32,33). The van der Waals surface area contributed by atoms with Crippen LogP contribution in [0.2, 0.25) is 0 Å². The van der Waals surface area contributed by atoms with Crippen molar-refractivity contribution in [3.63, 3.8) is 0 Å². The summed E-state index contributed by atoms with van der Waals surface area (Å²) in [5, 5.41) is 11.8. The van der Waals surface area contributed by atoms with E-state index >= 15 is 0 Å². The van der Waals surface area contributed by atoms with Crippen LogP contribution in [-0.4, -0.2) is 22.1 Å². The van der Waals surface area contributed by atoms with Gasteiger partial charge in [0.15, 0.2) is 0 Å². The summed E-state index contributed by atoms with van der Waals surface area (Å²) < 4.78 is 6.07. The Bertz CT molecular complexity index is 1190. The molecule has 0 fully saturated rings. The van der Waals surface area contributed by atoms with Crippen molar-refractivity contribution < 1.29 is 19.4 Å². The van der Waals surface area contributed by atoms with Crippen molar-refractivity contribution in [1.82, 2.24) is 10.3 Å². The van der Waals surface area contributed by atoms with Crippen LogP contribution in [-0.2, 0) is 19.6 Å². The monoisotopic (exact) mass is 461 g/mol. The Morgan fingerprint density at radius 1 is 1.09 bits per heavy atom. The fourth-order valence-corrected chi connectivity index (χ4v) is 3.89. The second-order valence-corrected chi connectivity index (χ2v) is 8.78. The number of carboxylic acid groups (broad SMARTS) is 1. The highest BCUT2D eigenvalue weighted by Gasteiger charge is 2.21. The number of amides is 2. The first-order chi connectivity index (χ1) is 16.2. The first-order valence-electron chi connectivity index (χ1n) is 11.2. The third-order valence-corrected chi connectivity index (χ3v) is 5.55. The number of pyridine rings is 1. The molecule has 0 aliphatic rings. The molecule has 0 spiro atoms. The molecule has 0 saturated heterocycles. The molecule has 3 aromatic rings. The van der Waals surface area contributed by atoms with Gasteiger partial charge in [0, 0.05) is 34.6 Å². The number of aryl methyl sites for hydroxylation is 2. The van der Waals surface area contributed by atoms with E-state index in [2.05, 4.69) is 19.2 Å². The number of rotatable bonds is 9. The van der Waals surface area contributed by atoms with E-state index < -0.39 is 12.0 Å². The van der Waals surface area contributed by atoms with Crippen molar-refractivity contribution in [2.75, 3.05) is 0 Å². The van der Waals surface area contributed by atoms with E-state index in [1.165, 1.54) is 0 Å². The summed E-state index contributed by atoms with van der Waals surface area (Å²) >= 11 is 0. The van der Waals surface area contributed by atoms with Gasteiger partial charge in [-0.05, 0) is 55.5 Å². The number of nitrogens with two attached hydrogens (primary N) is 1. The molecule has 0 unspecified atom stereocenters. The maximum atomic E-state index is 11.5. The summed E-state index contributed by atoms with van der Waals surface area (Å²) in [5.74, 6) is 0.339. The molecule has 0 radical (unpaired) electrons. The molecule has 178 valence electrons. The molecule has 1 aromatic heterocycles. The number of aromatic nitrogens is 1. The molecular formula is C27H31N3O4. The highest BCUT2D eigenvalue weighted by atomic mass is 16.5. The number of primary amides is 1. The Labute approximate surface area is 200 Å². The fraction of sp³-hybridized carbons (Fsp3) is 0.296. The van der Waals surface area contributed by atoms with E-state index in [0.29, 0.717) is 17.2 Å². The fourth-order valence-electron chi connectivity index (χ4n) is 3.89. The first-order valence-corrected chi connectivity index (χ1v) is 11.2. The zero-order valence-corrected chi connectivity index (χ0v) is 20.0. The molecule has 2 aromatic carbocycles. The second kappa shape index (κ2) is 10.8. The Hall–Kier alpha value is -3.87. The van der Waals surface area contributed by atoms with Gasteiger partial charge < -0.3 is 20.9 Å². The van der Waals surface area contributed by atoms with Gasteiger partial charge >= 0.3 is 6.09 Å². The van der Waals surface area contributed by atoms with E-state index in [4.69, 9.17) is 15.5 Å². The Morgan fingerprint density at radius 3 is 2.41 bits per heavy atom. The minimum atomic E-state index is -1.09. The molecule has 7 nitrogen and oxygen atoms in total. The van der Waals surface area contributed by atoms with Gasteiger partial charge in [0.05, 0.1) is 0 Å². The Morgan fingerprint density at radius 2 is 1.79 bits per heavy atom. The van der Waals surface area contributed by atoms with E-state index in [1.807, 2.05) is 38.1 Å². The highest BCUT2D eigenvalue weighted by molar-refractivity contribution is 5.93. The van der Waals surface area contributed by atoms with E-state index in [0.717, 1.165) is 45.6 Å². The van der Waals surface area contributed by atoms with Crippen molar-refractivity contribution in [2.24, 2.45) is 11.7 Å². The van der Waals surface area contributed by atoms with Crippen molar-refractivity contribution in [3.05, 3.63) is 82.2 Å². The van der Waals surface area contributed by atoms with Crippen LogP contribution in [0.3, 0.4) is 0 Å². The lowest BCUT2D eigenvalue weighted by atomic mass is 9.90. The minimum absolute atomic E-state index is 0.137. The molecule has 0 bridgehead atoms. The number of benzene rings is 2. The molecule has 0 aliphatic carbocycles. The SMILES string of the molecule is Cc1ccc(-c2c(COc3cccc(C(N)=O)c3)c(C)nc(CC(C)C)c2CNC(=O)O)cc1. The topological polar surface area (TPSA) is 115 Å². The smallest absolute Gasteiger partial charge is 0.404 e. The molecule has 0 saturated carbocycles. The zero-order valence-electron chi connectivity index (χ0n) is 20.0. The maximum Gasteiger partial charge on any atom is 0.404 e. The normalized spacial score (nSPS) is 10.9. The lowest BCUT2D eigenvalue weighted by Crippen LogP contribution is -2.23. The van der Waals surface area contributed by atoms with Gasteiger partial charge in [-0.3, -0.25) is 9.78 Å². The van der Waals surface area contributed by atoms with Crippen LogP contribution < -0.4 is 15.8 Å². The third-order valence-electron chi connectivity index (χ3n) is 5.55. The third kappa shape index (κ3) is 6.13. The van der Waals surface area contributed by atoms with Gasteiger partial charge in [0.1, 0.15) is 12.4 Å². The quantitative estimate of drug-likeness (QED) is 0.414. The van der Waals surface area contributed by atoms with Gasteiger partial charge in [-0.2, -0.15) is 0 Å². The maximum absolute atomic E-state index is 11.5. The van der Waals surface area contributed by atoms with Crippen LogP contribution in [0.1, 0.15) is 52.3 Å². The molecule has 4 N–H and O–H groups in total. The molecular weight excluding hydrogens is 430 g/mol. The summed E-state index contributed by atoms with van der Waals surface area (Å²) in [6, 6.07) is 14.9. The van der Waals surface area contributed by atoms with Crippen LogP contribution in [0.25, 0.3) is 11.1 Å². The Balaban J connectivity index is 2.13. The van der Waals surface area contributed by atoms with Crippen LogP contribution in [0.5, 0.6) is 5.75 Å². The summed E-state index contributed by atoms with van der Waals surface area (Å²) in [5.41, 5.74) is 12.2. The average molecular weight is 462 g/mol. The molecule has 2 amide bonds. The van der Waals surface area contributed by atoms with Gasteiger partial charge in [0.2, 0.25) is 5.91 Å². The van der Waals surface area contributed by atoms with Crippen molar-refractivity contribution in [2.45, 2.75) is 47.3 Å². The molecule has 34 heavy (non-hydrogen) atoms. The van der Waals surface area contributed by atoms with E-state index in [-0.39, 0.29) is 13.2 Å². The first kappa shape index (κ1) is 24.8. The van der Waals surface area contributed by atoms with E-state index in [1.54, 1.807) is 24.3 Å². The number of nitrogens with one attached hydrogen (secondary N) is 1. The lowest BCUT2D eigenvalue weighted by Gasteiger charge is -2.22. The summed E-state index contributed by atoms with van der Waals surface area (Å²) in [4.78, 5) is 27.8. The molecule has 0 atom stereocenters. The number of hydrogen-bond donors (Lipinski definition) is 3. The summed E-state index contributed by atoms with van der Waals surface area (Å²) in [6.45, 7) is 8.52. The number of nitrogens with zero attached hydrogens (tertiary/aromatic N) is 1. The largest absolute Gasteiger partial charge is 0.489 e. The van der Waals surface area contributed by atoms with Crippen LogP contribution in [0.4, 0.5) is 4.79 Å². The zero-order chi connectivity index (χ0) is 24.8. The molecule has 0 aliphatic heterocycles. The van der Waals surface area contributed by atoms with Gasteiger partial charge in [-0.1, -0.05) is 49.7 Å². The van der Waals surface area contributed by atoms with Gasteiger partial charge in [-0.25, -0.2) is 4.79 Å². The lowest BCUT2D eigenvalue weighted by molar-refractivity contribution is 0.0999. The predicted octanol–water partition coefficient (Wildman–Crippen LogP) is 5.01. The van der Waals surface area contributed by atoms with E-state index in [9.17, 15) is 14.7 Å². The predicted molar refractivity (Wildman–Crippen MR) is 132 cm³/mol. The molecule has 3 rings (SSSR count). The number of carbonyl (C=O) groups is 2. The van der Waals surface area contributed by atoms with Crippen LogP contribution in [0, 0.1) is 19.8 Å². The average Bonchev–Trinajstić information content (AvgIpc) is 2.77. The Kier molecular flexibility index (Phi) is 7.89. The second-order valence-electron chi connectivity index (χ2n) is 8.78. The number of hydrogen-bond acceptors (Lipinski definition) is 4. The highest BCUT2D eigenvalue weighted by Crippen LogP contribution is 2.33. The van der Waals surface area contributed by atoms with Crippen LogP contribution in [0.15, 0.2) is 48.5 Å². The molecule has 7 heteroatoms. The number of carbonyl (C=O) groups excluding carboxylic acids is 1. The van der Waals surface area contributed by atoms with Gasteiger partial charge in [0.25, 0.3) is 0 Å². The minimum Gasteiger partial charge on any atom is -0.489 e. The summed E-state index contributed by atoms with van der Waals surface area (Å²) in [7, 11) is 0. The van der Waals surface area contributed by atoms with Crippen LogP contribution >= 0.6 is 0 Å².